The third-order valence-electron chi connectivity index (χ3n) is 4.35. The van der Waals surface area contributed by atoms with Crippen molar-refractivity contribution in [2.24, 2.45) is 16.8 Å². The maximum Gasteiger partial charge on any atom is 0.238 e. The zero-order chi connectivity index (χ0) is 18.7. The molecule has 1 aliphatic rings. The van der Waals surface area contributed by atoms with E-state index in [0.717, 1.165) is 19.3 Å². The van der Waals surface area contributed by atoms with Gasteiger partial charge in [0.1, 0.15) is 11.5 Å². The predicted molar refractivity (Wildman–Crippen MR) is 98.3 cm³/mol. The Bertz CT molecular complexity index is 880. The molecule has 1 fully saturated rings. The molecular formula is C18H21N3O4S. The molecule has 3 rings (SSSR count). The highest BCUT2D eigenvalue weighted by molar-refractivity contribution is 7.89. The maximum absolute atomic E-state index is 12.2. The highest BCUT2D eigenvalue weighted by atomic mass is 32.2. The number of rotatable bonds is 5. The van der Waals surface area contributed by atoms with Crippen LogP contribution >= 0.6 is 0 Å². The Morgan fingerprint density at radius 3 is 2.08 bits per heavy atom. The molecule has 0 bridgehead atoms. The van der Waals surface area contributed by atoms with Gasteiger partial charge in [-0.05, 0) is 67.8 Å². The third kappa shape index (κ3) is 4.60. The van der Waals surface area contributed by atoms with Gasteiger partial charge in [0.2, 0.25) is 15.9 Å². The fourth-order valence-corrected chi connectivity index (χ4v) is 3.45. The summed E-state index contributed by atoms with van der Waals surface area (Å²) in [6, 6.07) is 12.9. The number of ether oxygens (including phenoxy) is 1. The summed E-state index contributed by atoms with van der Waals surface area (Å²) in [7, 11) is -3.72. The van der Waals surface area contributed by atoms with Crippen molar-refractivity contribution >= 4 is 21.6 Å². The number of sulfonamides is 1. The Kier molecular flexibility index (Phi) is 5.26. The zero-order valence-electron chi connectivity index (χ0n) is 14.1. The van der Waals surface area contributed by atoms with Gasteiger partial charge in [0.15, 0.2) is 0 Å². The van der Waals surface area contributed by atoms with E-state index in [1.165, 1.54) is 24.3 Å². The van der Waals surface area contributed by atoms with E-state index < -0.39 is 10.0 Å². The molecule has 0 radical (unpaired) electrons. The standard InChI is InChI=1S/C18H21N3O4S/c19-13-2-1-12(11-13)18(22)21-14-3-5-15(6-4-14)25-16-7-9-17(10-8-16)26(20,23)24/h3-10,12-13H,1-2,11,19H2,(H,21,22)(H2,20,23,24). The van der Waals surface area contributed by atoms with Crippen molar-refractivity contribution in [3.63, 3.8) is 0 Å². The Hall–Kier alpha value is -2.42. The van der Waals surface area contributed by atoms with Gasteiger partial charge in [0.25, 0.3) is 0 Å². The molecule has 2 aromatic carbocycles. The fourth-order valence-electron chi connectivity index (χ4n) is 2.94. The Labute approximate surface area is 152 Å². The van der Waals surface area contributed by atoms with Gasteiger partial charge in [0, 0.05) is 17.6 Å². The first-order valence-electron chi connectivity index (χ1n) is 8.28. The molecule has 5 N–H and O–H groups in total. The highest BCUT2D eigenvalue weighted by Gasteiger charge is 2.27. The number of anilines is 1. The van der Waals surface area contributed by atoms with E-state index in [9.17, 15) is 13.2 Å². The summed E-state index contributed by atoms with van der Waals surface area (Å²) in [5, 5.41) is 7.95. The van der Waals surface area contributed by atoms with Crippen molar-refractivity contribution in [3.05, 3.63) is 48.5 Å². The van der Waals surface area contributed by atoms with Crippen LogP contribution in [0.4, 0.5) is 5.69 Å². The maximum atomic E-state index is 12.2. The summed E-state index contributed by atoms with van der Waals surface area (Å²) in [6.45, 7) is 0. The van der Waals surface area contributed by atoms with Crippen molar-refractivity contribution in [1.82, 2.24) is 0 Å². The summed E-state index contributed by atoms with van der Waals surface area (Å²) in [5.41, 5.74) is 6.53. The van der Waals surface area contributed by atoms with E-state index in [0.29, 0.717) is 17.2 Å². The molecule has 7 nitrogen and oxygen atoms in total. The number of nitrogens with two attached hydrogens (primary N) is 2. The molecule has 0 heterocycles. The number of hydrogen-bond donors (Lipinski definition) is 3. The predicted octanol–water partition coefficient (Wildman–Crippen LogP) is 2.19. The van der Waals surface area contributed by atoms with Crippen LogP contribution in [0.25, 0.3) is 0 Å². The normalized spacial score (nSPS) is 19.9. The first-order valence-corrected chi connectivity index (χ1v) is 9.83. The lowest BCUT2D eigenvalue weighted by atomic mass is 10.1. The molecule has 8 heteroatoms. The molecule has 0 spiro atoms. The van der Waals surface area contributed by atoms with Crippen LogP contribution in [-0.4, -0.2) is 20.4 Å². The third-order valence-corrected chi connectivity index (χ3v) is 5.28. The summed E-state index contributed by atoms with van der Waals surface area (Å²) < 4.78 is 28.1. The number of carbonyl (C=O) groups is 1. The zero-order valence-corrected chi connectivity index (χ0v) is 14.9. The number of amides is 1. The highest BCUT2D eigenvalue weighted by Crippen LogP contribution is 2.27. The van der Waals surface area contributed by atoms with Gasteiger partial charge in [0.05, 0.1) is 4.90 Å². The van der Waals surface area contributed by atoms with Gasteiger partial charge in [-0.3, -0.25) is 4.79 Å². The van der Waals surface area contributed by atoms with E-state index in [1.807, 2.05) is 0 Å². The van der Waals surface area contributed by atoms with Crippen LogP contribution in [0, 0.1) is 5.92 Å². The average molecular weight is 375 g/mol. The van der Waals surface area contributed by atoms with Gasteiger partial charge >= 0.3 is 0 Å². The van der Waals surface area contributed by atoms with E-state index >= 15 is 0 Å². The number of nitrogens with one attached hydrogen (secondary N) is 1. The van der Waals surface area contributed by atoms with Crippen molar-refractivity contribution in [2.75, 3.05) is 5.32 Å². The first kappa shape index (κ1) is 18.4. The minimum Gasteiger partial charge on any atom is -0.457 e. The first-order chi connectivity index (χ1) is 12.3. The van der Waals surface area contributed by atoms with E-state index in [2.05, 4.69) is 5.32 Å². The molecule has 26 heavy (non-hydrogen) atoms. The van der Waals surface area contributed by atoms with Gasteiger partial charge in [-0.2, -0.15) is 0 Å². The van der Waals surface area contributed by atoms with Crippen molar-refractivity contribution in [1.29, 1.82) is 0 Å². The summed E-state index contributed by atoms with van der Waals surface area (Å²) in [5.74, 6) is 1.01. The van der Waals surface area contributed by atoms with Crippen LogP contribution in [0.5, 0.6) is 11.5 Å². The molecule has 1 saturated carbocycles. The van der Waals surface area contributed by atoms with Crippen LogP contribution < -0.4 is 20.9 Å². The lowest BCUT2D eigenvalue weighted by molar-refractivity contribution is -0.119. The molecule has 0 aromatic heterocycles. The van der Waals surface area contributed by atoms with E-state index in [-0.39, 0.29) is 22.8 Å². The van der Waals surface area contributed by atoms with Gasteiger partial charge in [-0.15, -0.1) is 0 Å². The summed E-state index contributed by atoms with van der Waals surface area (Å²) in [6.07, 6.45) is 2.43. The van der Waals surface area contributed by atoms with Crippen LogP contribution in [0.15, 0.2) is 53.4 Å². The SMILES string of the molecule is NC1CCC(C(=O)Nc2ccc(Oc3ccc(S(N)(=O)=O)cc3)cc2)C1. The van der Waals surface area contributed by atoms with Crippen molar-refractivity contribution in [3.8, 4) is 11.5 Å². The quantitative estimate of drug-likeness (QED) is 0.739. The lowest BCUT2D eigenvalue weighted by Gasteiger charge is -2.11. The van der Waals surface area contributed by atoms with Crippen LogP contribution in [0.3, 0.4) is 0 Å². The van der Waals surface area contributed by atoms with Crippen molar-refractivity contribution < 1.29 is 17.9 Å². The lowest BCUT2D eigenvalue weighted by Crippen LogP contribution is -2.23. The minimum atomic E-state index is -3.72. The van der Waals surface area contributed by atoms with Crippen LogP contribution in [0.2, 0.25) is 0 Å². The molecular weight excluding hydrogens is 354 g/mol. The monoisotopic (exact) mass is 375 g/mol. The van der Waals surface area contributed by atoms with Gasteiger partial charge in [-0.25, -0.2) is 13.6 Å². The number of hydrogen-bond acceptors (Lipinski definition) is 5. The molecule has 2 aromatic rings. The molecule has 0 aliphatic heterocycles. The summed E-state index contributed by atoms with van der Waals surface area (Å²) >= 11 is 0. The Morgan fingerprint density at radius 1 is 1.00 bits per heavy atom. The molecule has 0 saturated heterocycles. The Balaban J connectivity index is 1.60. The number of carbonyl (C=O) groups excluding carboxylic acids is 1. The largest absolute Gasteiger partial charge is 0.457 e. The molecule has 2 unspecified atom stereocenters. The van der Waals surface area contributed by atoms with Crippen LogP contribution in [-0.2, 0) is 14.8 Å². The smallest absolute Gasteiger partial charge is 0.238 e. The molecule has 1 aliphatic carbocycles. The summed E-state index contributed by atoms with van der Waals surface area (Å²) in [4.78, 5) is 12.2. The van der Waals surface area contributed by atoms with Crippen molar-refractivity contribution in [2.45, 2.75) is 30.2 Å². The topological polar surface area (TPSA) is 125 Å². The average Bonchev–Trinajstić information content (AvgIpc) is 3.03. The Morgan fingerprint density at radius 2 is 1.58 bits per heavy atom. The molecule has 2 atom stereocenters. The fraction of sp³-hybridized carbons (Fsp3) is 0.278. The minimum absolute atomic E-state index is 0.00907. The second-order valence-corrected chi connectivity index (χ2v) is 7.96. The molecule has 138 valence electrons. The number of benzene rings is 2. The number of primary sulfonamides is 1. The van der Waals surface area contributed by atoms with Crippen LogP contribution in [0.1, 0.15) is 19.3 Å². The second kappa shape index (κ2) is 7.45. The van der Waals surface area contributed by atoms with Gasteiger partial charge < -0.3 is 15.8 Å². The molecule has 1 amide bonds. The van der Waals surface area contributed by atoms with E-state index in [1.54, 1.807) is 24.3 Å². The second-order valence-electron chi connectivity index (χ2n) is 6.40. The van der Waals surface area contributed by atoms with Gasteiger partial charge in [-0.1, -0.05) is 0 Å². The van der Waals surface area contributed by atoms with E-state index in [4.69, 9.17) is 15.6 Å².